The van der Waals surface area contributed by atoms with Crippen molar-refractivity contribution in [2.45, 2.75) is 51.2 Å². The number of halogens is 1. The predicted molar refractivity (Wildman–Crippen MR) is 118 cm³/mol. The Kier molecular flexibility index (Phi) is 8.11. The number of amides is 2. The van der Waals surface area contributed by atoms with Gasteiger partial charge in [0, 0.05) is 17.4 Å². The van der Waals surface area contributed by atoms with Gasteiger partial charge in [-0.05, 0) is 59.3 Å². The van der Waals surface area contributed by atoms with Crippen molar-refractivity contribution in [3.05, 3.63) is 46.0 Å². The summed E-state index contributed by atoms with van der Waals surface area (Å²) in [5.74, 6) is 2.07. The third-order valence-electron chi connectivity index (χ3n) is 4.96. The van der Waals surface area contributed by atoms with Crippen molar-refractivity contribution in [2.75, 3.05) is 12.0 Å². The number of carbonyl (C=O) groups excluding carboxylic acids is 2. The normalized spacial score (nSPS) is 14.6. The van der Waals surface area contributed by atoms with Crippen LogP contribution in [0.2, 0.25) is 0 Å². The van der Waals surface area contributed by atoms with Crippen LogP contribution in [0.3, 0.4) is 0 Å². The first-order valence-corrected chi connectivity index (χ1v) is 12.0. The molecule has 7 nitrogen and oxygen atoms in total. The highest BCUT2D eigenvalue weighted by Gasteiger charge is 2.23. The SMILES string of the molecule is CSCCC(NC(=O)c1ccccc1Br)C(=O)NCc1nnc2n1CCCCC2. The standard InChI is InChI=1S/C20H26BrN5O2S/c1-29-12-10-16(23-19(27)14-7-4-5-8-15(14)21)20(28)22-13-18-25-24-17-9-3-2-6-11-26(17)18/h4-5,7-8,16H,2-3,6,9-13H2,1H3,(H,22,28)(H,23,27). The molecule has 29 heavy (non-hydrogen) atoms. The van der Waals surface area contributed by atoms with Crippen molar-refractivity contribution in [3.63, 3.8) is 0 Å². The van der Waals surface area contributed by atoms with Gasteiger partial charge in [0.05, 0.1) is 12.1 Å². The number of thioether (sulfide) groups is 1. The largest absolute Gasteiger partial charge is 0.347 e. The topological polar surface area (TPSA) is 88.9 Å². The molecule has 2 N–H and O–H groups in total. The molecular formula is C20H26BrN5O2S. The summed E-state index contributed by atoms with van der Waals surface area (Å²) in [5, 5.41) is 14.3. The zero-order chi connectivity index (χ0) is 20.6. The van der Waals surface area contributed by atoms with Gasteiger partial charge in [-0.1, -0.05) is 18.6 Å². The number of nitrogens with one attached hydrogen (secondary N) is 2. The molecule has 1 aromatic carbocycles. The smallest absolute Gasteiger partial charge is 0.253 e. The van der Waals surface area contributed by atoms with Gasteiger partial charge < -0.3 is 15.2 Å². The Bertz CT molecular complexity index is 857. The minimum absolute atomic E-state index is 0.203. The van der Waals surface area contributed by atoms with E-state index in [1.807, 2.05) is 18.4 Å². The quantitative estimate of drug-likeness (QED) is 0.607. The second kappa shape index (κ2) is 10.8. The highest BCUT2D eigenvalue weighted by atomic mass is 79.9. The van der Waals surface area contributed by atoms with E-state index in [-0.39, 0.29) is 11.8 Å². The van der Waals surface area contributed by atoms with Crippen molar-refractivity contribution in [1.29, 1.82) is 0 Å². The molecule has 1 unspecified atom stereocenters. The maximum Gasteiger partial charge on any atom is 0.253 e. The van der Waals surface area contributed by atoms with Crippen LogP contribution in [0.15, 0.2) is 28.7 Å². The fourth-order valence-electron chi connectivity index (χ4n) is 3.35. The van der Waals surface area contributed by atoms with Crippen LogP contribution >= 0.6 is 27.7 Å². The Balaban J connectivity index is 1.64. The highest BCUT2D eigenvalue weighted by Crippen LogP contribution is 2.17. The lowest BCUT2D eigenvalue weighted by Crippen LogP contribution is -2.47. The lowest BCUT2D eigenvalue weighted by atomic mass is 10.1. The van der Waals surface area contributed by atoms with E-state index < -0.39 is 6.04 Å². The van der Waals surface area contributed by atoms with Crippen molar-refractivity contribution < 1.29 is 9.59 Å². The Morgan fingerprint density at radius 3 is 2.86 bits per heavy atom. The minimum atomic E-state index is -0.603. The summed E-state index contributed by atoms with van der Waals surface area (Å²) in [5.41, 5.74) is 0.511. The molecule has 0 spiro atoms. The Hall–Kier alpha value is -1.87. The number of carbonyl (C=O) groups is 2. The average molecular weight is 480 g/mol. The molecule has 2 aromatic rings. The molecule has 3 rings (SSSR count). The van der Waals surface area contributed by atoms with Gasteiger partial charge in [-0.2, -0.15) is 11.8 Å². The Labute approximate surface area is 183 Å². The fourth-order valence-corrected chi connectivity index (χ4v) is 4.29. The van der Waals surface area contributed by atoms with Crippen molar-refractivity contribution in [1.82, 2.24) is 25.4 Å². The third kappa shape index (κ3) is 5.82. The second-order valence-electron chi connectivity index (χ2n) is 7.00. The van der Waals surface area contributed by atoms with E-state index in [0.717, 1.165) is 43.2 Å². The summed E-state index contributed by atoms with van der Waals surface area (Å²) in [6.07, 6.45) is 6.89. The van der Waals surface area contributed by atoms with Crippen molar-refractivity contribution in [2.24, 2.45) is 0 Å². The minimum Gasteiger partial charge on any atom is -0.347 e. The number of hydrogen-bond acceptors (Lipinski definition) is 5. The third-order valence-corrected chi connectivity index (χ3v) is 6.29. The van der Waals surface area contributed by atoms with Gasteiger partial charge in [-0.15, -0.1) is 10.2 Å². The van der Waals surface area contributed by atoms with E-state index in [2.05, 4.69) is 41.3 Å². The van der Waals surface area contributed by atoms with Gasteiger partial charge in [-0.3, -0.25) is 9.59 Å². The number of aromatic nitrogens is 3. The predicted octanol–water partition coefficient (Wildman–Crippen LogP) is 2.93. The number of hydrogen-bond donors (Lipinski definition) is 2. The summed E-state index contributed by atoms with van der Waals surface area (Å²) in [6, 6.07) is 6.58. The van der Waals surface area contributed by atoms with E-state index in [1.54, 1.807) is 23.9 Å². The van der Waals surface area contributed by atoms with E-state index in [1.165, 1.54) is 6.42 Å². The van der Waals surface area contributed by atoms with Crippen LogP contribution in [0.25, 0.3) is 0 Å². The monoisotopic (exact) mass is 479 g/mol. The molecule has 2 amide bonds. The molecule has 0 aliphatic carbocycles. The molecule has 0 fully saturated rings. The second-order valence-corrected chi connectivity index (χ2v) is 8.84. The van der Waals surface area contributed by atoms with Gasteiger partial charge in [0.2, 0.25) is 5.91 Å². The molecule has 0 bridgehead atoms. The lowest BCUT2D eigenvalue weighted by Gasteiger charge is -2.18. The first-order chi connectivity index (χ1) is 14.1. The van der Waals surface area contributed by atoms with Crippen molar-refractivity contribution >= 4 is 39.5 Å². The average Bonchev–Trinajstić information content (AvgIpc) is 2.95. The molecule has 156 valence electrons. The number of benzene rings is 1. The van der Waals surface area contributed by atoms with Gasteiger partial charge >= 0.3 is 0 Å². The number of rotatable bonds is 8. The van der Waals surface area contributed by atoms with Crippen LogP contribution in [0.4, 0.5) is 0 Å². The first-order valence-electron chi connectivity index (χ1n) is 9.83. The molecule has 0 radical (unpaired) electrons. The molecule has 1 aliphatic heterocycles. The zero-order valence-corrected chi connectivity index (χ0v) is 18.9. The molecule has 1 aromatic heterocycles. The molecular weight excluding hydrogens is 454 g/mol. The number of nitrogens with zero attached hydrogens (tertiary/aromatic N) is 3. The Morgan fingerprint density at radius 2 is 2.07 bits per heavy atom. The molecule has 9 heteroatoms. The first kappa shape index (κ1) is 21.8. The van der Waals surface area contributed by atoms with E-state index in [9.17, 15) is 9.59 Å². The summed E-state index contributed by atoms with van der Waals surface area (Å²) < 4.78 is 2.82. The van der Waals surface area contributed by atoms with Crippen LogP contribution in [0.1, 0.15) is 47.7 Å². The van der Waals surface area contributed by atoms with Gasteiger partial charge in [0.25, 0.3) is 5.91 Å². The Morgan fingerprint density at radius 1 is 1.24 bits per heavy atom. The maximum atomic E-state index is 12.8. The zero-order valence-electron chi connectivity index (χ0n) is 16.5. The molecule has 1 atom stereocenters. The fraction of sp³-hybridized carbons (Fsp3) is 0.500. The van der Waals surface area contributed by atoms with E-state index >= 15 is 0 Å². The number of fused-ring (bicyclic) bond motifs is 1. The highest BCUT2D eigenvalue weighted by molar-refractivity contribution is 9.10. The summed E-state index contributed by atoms with van der Waals surface area (Å²) in [4.78, 5) is 25.5. The summed E-state index contributed by atoms with van der Waals surface area (Å²) in [7, 11) is 0. The van der Waals surface area contributed by atoms with Crippen molar-refractivity contribution in [3.8, 4) is 0 Å². The van der Waals surface area contributed by atoms with Gasteiger partial charge in [-0.25, -0.2) is 0 Å². The van der Waals surface area contributed by atoms with Gasteiger partial charge in [0.15, 0.2) is 5.82 Å². The molecule has 1 aliphatic rings. The summed E-state index contributed by atoms with van der Waals surface area (Å²) in [6.45, 7) is 1.20. The van der Waals surface area contributed by atoms with Gasteiger partial charge in [0.1, 0.15) is 11.9 Å². The lowest BCUT2D eigenvalue weighted by molar-refractivity contribution is -0.123. The van der Waals surface area contributed by atoms with Crippen LogP contribution in [-0.2, 0) is 24.3 Å². The van der Waals surface area contributed by atoms with Crippen LogP contribution in [0, 0.1) is 0 Å². The maximum absolute atomic E-state index is 12.8. The van der Waals surface area contributed by atoms with Crippen LogP contribution in [0.5, 0.6) is 0 Å². The number of aryl methyl sites for hydroxylation is 1. The van der Waals surface area contributed by atoms with Crippen LogP contribution < -0.4 is 10.6 Å². The van der Waals surface area contributed by atoms with E-state index in [4.69, 9.17) is 0 Å². The van der Waals surface area contributed by atoms with Crippen LogP contribution in [-0.4, -0.2) is 44.6 Å². The molecule has 0 saturated carbocycles. The molecule has 0 saturated heterocycles. The summed E-state index contributed by atoms with van der Waals surface area (Å²) >= 11 is 5.03. The van der Waals surface area contributed by atoms with E-state index in [0.29, 0.717) is 23.0 Å². The molecule has 2 heterocycles.